The van der Waals surface area contributed by atoms with Crippen molar-refractivity contribution >= 4 is 39.0 Å². The number of piperidine rings is 1. The third-order valence-electron chi connectivity index (χ3n) is 4.53. The van der Waals surface area contributed by atoms with Gasteiger partial charge in [0.1, 0.15) is 16.6 Å². The van der Waals surface area contributed by atoms with Crippen LogP contribution in [0.25, 0.3) is 11.6 Å². The van der Waals surface area contributed by atoms with E-state index in [0.717, 1.165) is 30.6 Å². The molecule has 1 aromatic carbocycles. The largest absolute Gasteiger partial charge is 0.545 e. The molecule has 0 aliphatic carbocycles. The topological polar surface area (TPSA) is 86.7 Å². The SMILES string of the molecule is C=CCOc1ccc(/C=C(\C(=O)[O-])c2ccc(S(=O)(=O)N3CCCCC3)s2)cc1. The number of sulfonamides is 1. The molecule has 2 heterocycles. The maximum absolute atomic E-state index is 12.8. The lowest BCUT2D eigenvalue weighted by molar-refractivity contribution is -0.295. The standard InChI is InChI=1S/C21H23NO5S2/c1-2-14-27-17-8-6-16(7-9-17)15-18(21(23)24)19-10-11-20(28-19)29(25,26)22-12-4-3-5-13-22/h2,6-11,15H,1,3-5,12-14H2,(H,23,24)/p-1/b18-15-. The number of carbonyl (C=O) groups excluding carboxylic acids is 1. The number of carboxylic acids is 1. The smallest absolute Gasteiger partial charge is 0.252 e. The van der Waals surface area contributed by atoms with Crippen molar-refractivity contribution in [2.75, 3.05) is 19.7 Å². The van der Waals surface area contributed by atoms with Gasteiger partial charge >= 0.3 is 0 Å². The molecule has 0 saturated carbocycles. The Morgan fingerprint density at radius 3 is 2.45 bits per heavy atom. The molecule has 1 saturated heterocycles. The minimum absolute atomic E-state index is 0.0603. The van der Waals surface area contributed by atoms with Crippen LogP contribution in [0, 0.1) is 0 Å². The second kappa shape index (κ2) is 9.39. The molecule has 0 N–H and O–H groups in total. The zero-order valence-corrected chi connectivity index (χ0v) is 17.5. The summed E-state index contributed by atoms with van der Waals surface area (Å²) in [6.45, 7) is 4.96. The number of nitrogens with zero attached hydrogens (tertiary/aromatic N) is 1. The summed E-state index contributed by atoms with van der Waals surface area (Å²) >= 11 is 0.949. The van der Waals surface area contributed by atoms with Crippen molar-refractivity contribution in [2.24, 2.45) is 0 Å². The fourth-order valence-corrected chi connectivity index (χ4v) is 6.03. The predicted molar refractivity (Wildman–Crippen MR) is 112 cm³/mol. The van der Waals surface area contributed by atoms with Gasteiger partial charge in [-0.15, -0.1) is 11.3 Å². The summed E-state index contributed by atoms with van der Waals surface area (Å²) in [4.78, 5) is 12.0. The van der Waals surface area contributed by atoms with E-state index >= 15 is 0 Å². The van der Waals surface area contributed by atoms with Crippen LogP contribution in [-0.2, 0) is 14.8 Å². The highest BCUT2D eigenvalue weighted by atomic mass is 32.2. The molecular formula is C21H22NO5S2-. The Morgan fingerprint density at radius 1 is 1.14 bits per heavy atom. The third-order valence-corrected chi connectivity index (χ3v) is 8.02. The number of ether oxygens (including phenoxy) is 1. The minimum atomic E-state index is -3.60. The van der Waals surface area contributed by atoms with Crippen molar-refractivity contribution in [3.63, 3.8) is 0 Å². The monoisotopic (exact) mass is 432 g/mol. The summed E-state index contributed by atoms with van der Waals surface area (Å²) in [6, 6.07) is 9.88. The highest BCUT2D eigenvalue weighted by Crippen LogP contribution is 2.31. The van der Waals surface area contributed by atoms with E-state index in [-0.39, 0.29) is 9.78 Å². The fourth-order valence-electron chi connectivity index (χ4n) is 3.05. The number of benzene rings is 1. The van der Waals surface area contributed by atoms with Gasteiger partial charge in [-0.05, 0) is 48.7 Å². The summed E-state index contributed by atoms with van der Waals surface area (Å²) in [5.74, 6) is -0.719. The van der Waals surface area contributed by atoms with Gasteiger partial charge in [0.25, 0.3) is 10.0 Å². The first-order valence-electron chi connectivity index (χ1n) is 9.29. The van der Waals surface area contributed by atoms with Crippen LogP contribution in [0.1, 0.15) is 29.7 Å². The van der Waals surface area contributed by atoms with Gasteiger partial charge < -0.3 is 14.6 Å². The van der Waals surface area contributed by atoms with Gasteiger partial charge in [-0.3, -0.25) is 0 Å². The fraction of sp³-hybridized carbons (Fsp3) is 0.286. The van der Waals surface area contributed by atoms with E-state index in [9.17, 15) is 18.3 Å². The van der Waals surface area contributed by atoms with Crippen molar-refractivity contribution in [3.05, 3.63) is 59.5 Å². The molecule has 0 spiro atoms. The third kappa shape index (κ3) is 5.14. The average molecular weight is 433 g/mol. The van der Waals surface area contributed by atoms with Crippen molar-refractivity contribution in [1.29, 1.82) is 0 Å². The van der Waals surface area contributed by atoms with Crippen LogP contribution < -0.4 is 9.84 Å². The maximum atomic E-state index is 12.8. The molecule has 1 fully saturated rings. The van der Waals surface area contributed by atoms with Crippen LogP contribution >= 0.6 is 11.3 Å². The minimum Gasteiger partial charge on any atom is -0.545 e. The Hall–Kier alpha value is -2.42. The lowest BCUT2D eigenvalue weighted by Gasteiger charge is -2.25. The predicted octanol–water partition coefficient (Wildman–Crippen LogP) is 2.78. The number of hydrogen-bond donors (Lipinski definition) is 0. The van der Waals surface area contributed by atoms with Crippen molar-refractivity contribution in [2.45, 2.75) is 23.5 Å². The highest BCUT2D eigenvalue weighted by molar-refractivity contribution is 7.91. The molecule has 154 valence electrons. The molecule has 0 radical (unpaired) electrons. The Bertz CT molecular complexity index is 1000. The number of carbonyl (C=O) groups is 1. The summed E-state index contributed by atoms with van der Waals surface area (Å²) in [7, 11) is -3.60. The summed E-state index contributed by atoms with van der Waals surface area (Å²) in [5, 5.41) is 11.7. The van der Waals surface area contributed by atoms with Gasteiger partial charge in [0, 0.05) is 23.5 Å². The first-order chi connectivity index (χ1) is 13.9. The quantitative estimate of drug-likeness (QED) is 0.473. The van der Waals surface area contributed by atoms with Crippen molar-refractivity contribution in [3.8, 4) is 5.75 Å². The molecule has 1 aliphatic heterocycles. The lowest BCUT2D eigenvalue weighted by Crippen LogP contribution is -2.35. The summed E-state index contributed by atoms with van der Waals surface area (Å²) < 4.78 is 32.6. The Morgan fingerprint density at radius 2 is 1.83 bits per heavy atom. The molecule has 29 heavy (non-hydrogen) atoms. The van der Waals surface area contributed by atoms with E-state index in [2.05, 4.69) is 6.58 Å². The number of carboxylic acid groups (broad SMARTS) is 1. The van der Waals surface area contributed by atoms with Crippen LogP contribution in [0.5, 0.6) is 5.75 Å². The van der Waals surface area contributed by atoms with Crippen LogP contribution in [-0.4, -0.2) is 38.4 Å². The van der Waals surface area contributed by atoms with Crippen molar-refractivity contribution in [1.82, 2.24) is 4.31 Å². The van der Waals surface area contributed by atoms with Gasteiger partial charge in [0.15, 0.2) is 0 Å². The maximum Gasteiger partial charge on any atom is 0.252 e. The number of rotatable bonds is 8. The van der Waals surface area contributed by atoms with E-state index in [0.29, 0.717) is 35.9 Å². The van der Waals surface area contributed by atoms with E-state index in [1.807, 2.05) is 0 Å². The van der Waals surface area contributed by atoms with Crippen LogP contribution in [0.15, 0.2) is 53.3 Å². The van der Waals surface area contributed by atoms with E-state index in [4.69, 9.17) is 4.74 Å². The molecule has 1 aliphatic rings. The van der Waals surface area contributed by atoms with Crippen molar-refractivity contribution < 1.29 is 23.1 Å². The second-order valence-electron chi connectivity index (χ2n) is 6.60. The molecule has 1 aromatic heterocycles. The molecule has 0 amide bonds. The van der Waals surface area contributed by atoms with E-state index < -0.39 is 16.0 Å². The second-order valence-corrected chi connectivity index (χ2v) is 9.85. The molecule has 8 heteroatoms. The Kier molecular flexibility index (Phi) is 6.89. The zero-order valence-electron chi connectivity index (χ0n) is 15.9. The van der Waals surface area contributed by atoms with Gasteiger partial charge in [0.2, 0.25) is 0 Å². The van der Waals surface area contributed by atoms with Gasteiger partial charge in [0.05, 0.1) is 5.97 Å². The Balaban J connectivity index is 1.85. The van der Waals surface area contributed by atoms with Gasteiger partial charge in [-0.1, -0.05) is 31.2 Å². The normalized spacial score (nSPS) is 15.8. The first-order valence-corrected chi connectivity index (χ1v) is 11.5. The number of hydrogen-bond acceptors (Lipinski definition) is 6. The average Bonchev–Trinajstić information content (AvgIpc) is 3.22. The highest BCUT2D eigenvalue weighted by Gasteiger charge is 2.27. The number of aliphatic carboxylic acids is 1. The molecule has 6 nitrogen and oxygen atoms in total. The van der Waals surface area contributed by atoms with Crippen LogP contribution in [0.4, 0.5) is 0 Å². The molecule has 0 atom stereocenters. The molecule has 3 rings (SSSR count). The summed E-state index contributed by atoms with van der Waals surface area (Å²) in [6.07, 6.45) is 5.81. The summed E-state index contributed by atoms with van der Waals surface area (Å²) in [5.41, 5.74) is 0.582. The number of thiophene rings is 1. The molecule has 0 unspecified atom stereocenters. The van der Waals surface area contributed by atoms with Crippen LogP contribution in [0.2, 0.25) is 0 Å². The lowest BCUT2D eigenvalue weighted by atomic mass is 10.1. The van der Waals surface area contributed by atoms with E-state index in [1.54, 1.807) is 30.3 Å². The first kappa shape index (κ1) is 21.3. The Labute approximate surface area is 174 Å². The van der Waals surface area contributed by atoms with Gasteiger partial charge in [-0.25, -0.2) is 8.42 Å². The van der Waals surface area contributed by atoms with Gasteiger partial charge in [-0.2, -0.15) is 4.31 Å². The van der Waals surface area contributed by atoms with Crippen LogP contribution in [0.3, 0.4) is 0 Å². The zero-order chi connectivity index (χ0) is 20.9. The molecule has 2 aromatic rings. The molecular weight excluding hydrogens is 410 g/mol. The molecule has 0 bridgehead atoms. The van der Waals surface area contributed by atoms with E-state index in [1.165, 1.54) is 22.5 Å².